The van der Waals surface area contributed by atoms with Crippen molar-refractivity contribution in [3.8, 4) is 0 Å². The highest BCUT2D eigenvalue weighted by molar-refractivity contribution is 7.91. The Balaban J connectivity index is 2.42. The summed E-state index contributed by atoms with van der Waals surface area (Å²) in [5, 5.41) is 2.98. The second-order valence-electron chi connectivity index (χ2n) is 4.84. The lowest BCUT2D eigenvalue weighted by molar-refractivity contribution is -0.135. The van der Waals surface area contributed by atoms with E-state index in [1.807, 2.05) is 0 Å². The predicted octanol–water partition coefficient (Wildman–Crippen LogP) is 4.01. The van der Waals surface area contributed by atoms with Crippen molar-refractivity contribution in [3.63, 3.8) is 0 Å². The summed E-state index contributed by atoms with van der Waals surface area (Å²) in [6, 6.07) is 6.30. The van der Waals surface area contributed by atoms with E-state index in [2.05, 4.69) is 5.32 Å². The molecule has 0 saturated heterocycles. The van der Waals surface area contributed by atoms with Gasteiger partial charge in [0.1, 0.15) is 0 Å². The van der Waals surface area contributed by atoms with Gasteiger partial charge in [-0.05, 0) is 43.5 Å². The van der Waals surface area contributed by atoms with Crippen LogP contribution >= 0.6 is 0 Å². The van der Waals surface area contributed by atoms with Crippen molar-refractivity contribution < 1.29 is 21.6 Å². The van der Waals surface area contributed by atoms with Crippen LogP contribution in [-0.4, -0.2) is 26.9 Å². The average molecular weight is 323 g/mol. The van der Waals surface area contributed by atoms with Crippen LogP contribution in [0.4, 0.5) is 18.9 Å². The quantitative estimate of drug-likeness (QED) is 0.735. The SMILES string of the molecule is CCCS(=O)(=O)c1ccc(NCCCCC(F)(F)F)cc1. The Morgan fingerprint density at radius 3 is 2.24 bits per heavy atom. The summed E-state index contributed by atoms with van der Waals surface area (Å²) in [7, 11) is -3.23. The van der Waals surface area contributed by atoms with Gasteiger partial charge in [0.2, 0.25) is 0 Å². The van der Waals surface area contributed by atoms with Gasteiger partial charge in [0.15, 0.2) is 9.84 Å². The van der Waals surface area contributed by atoms with Gasteiger partial charge in [-0.2, -0.15) is 13.2 Å². The van der Waals surface area contributed by atoms with Gasteiger partial charge >= 0.3 is 6.18 Å². The summed E-state index contributed by atoms with van der Waals surface area (Å²) in [6.45, 7) is 2.23. The van der Waals surface area contributed by atoms with E-state index in [0.29, 0.717) is 25.1 Å². The summed E-state index contributed by atoms with van der Waals surface area (Å²) < 4.78 is 59.5. The van der Waals surface area contributed by atoms with Crippen LogP contribution in [0.15, 0.2) is 29.2 Å². The third-order valence-electron chi connectivity index (χ3n) is 2.90. The Hall–Kier alpha value is -1.24. The minimum Gasteiger partial charge on any atom is -0.385 e. The molecule has 0 amide bonds. The van der Waals surface area contributed by atoms with Gasteiger partial charge in [-0.25, -0.2) is 8.42 Å². The molecular weight excluding hydrogens is 303 g/mol. The van der Waals surface area contributed by atoms with Crippen LogP contribution in [0.2, 0.25) is 0 Å². The fourth-order valence-electron chi connectivity index (χ4n) is 1.85. The van der Waals surface area contributed by atoms with Crippen molar-refractivity contribution in [1.82, 2.24) is 0 Å². The van der Waals surface area contributed by atoms with Gasteiger partial charge in [0.05, 0.1) is 10.6 Å². The van der Waals surface area contributed by atoms with Gasteiger partial charge < -0.3 is 5.32 Å². The monoisotopic (exact) mass is 323 g/mol. The number of hydrogen-bond acceptors (Lipinski definition) is 3. The van der Waals surface area contributed by atoms with E-state index in [4.69, 9.17) is 0 Å². The molecule has 0 aliphatic rings. The molecule has 3 nitrogen and oxygen atoms in total. The molecule has 1 aromatic carbocycles. The maximum Gasteiger partial charge on any atom is 0.389 e. The van der Waals surface area contributed by atoms with E-state index in [0.717, 1.165) is 0 Å². The number of sulfone groups is 1. The second-order valence-corrected chi connectivity index (χ2v) is 6.95. The summed E-state index contributed by atoms with van der Waals surface area (Å²) in [6.07, 6.45) is -3.82. The van der Waals surface area contributed by atoms with Gasteiger partial charge in [0, 0.05) is 18.7 Å². The average Bonchev–Trinajstić information content (AvgIpc) is 2.37. The molecule has 0 aromatic heterocycles. The zero-order valence-corrected chi connectivity index (χ0v) is 12.7. The fraction of sp³-hybridized carbons (Fsp3) is 0.571. The minimum atomic E-state index is -4.10. The van der Waals surface area contributed by atoms with E-state index in [9.17, 15) is 21.6 Å². The number of rotatable bonds is 8. The number of nitrogens with one attached hydrogen (secondary N) is 1. The molecule has 0 spiro atoms. The molecule has 0 bridgehead atoms. The molecule has 0 radical (unpaired) electrons. The number of hydrogen-bond donors (Lipinski definition) is 1. The molecule has 21 heavy (non-hydrogen) atoms. The van der Waals surface area contributed by atoms with Crippen LogP contribution in [0.3, 0.4) is 0 Å². The van der Waals surface area contributed by atoms with E-state index in [1.165, 1.54) is 12.1 Å². The topological polar surface area (TPSA) is 46.2 Å². The normalized spacial score (nSPS) is 12.4. The number of alkyl halides is 3. The molecule has 0 aliphatic carbocycles. The Labute approximate surface area is 123 Å². The third kappa shape index (κ3) is 6.84. The van der Waals surface area contributed by atoms with Gasteiger partial charge in [-0.15, -0.1) is 0 Å². The van der Waals surface area contributed by atoms with Crippen LogP contribution in [0, 0.1) is 0 Å². The van der Waals surface area contributed by atoms with Gasteiger partial charge in [-0.1, -0.05) is 6.92 Å². The van der Waals surface area contributed by atoms with Crippen LogP contribution in [0.5, 0.6) is 0 Å². The van der Waals surface area contributed by atoms with E-state index >= 15 is 0 Å². The summed E-state index contributed by atoms with van der Waals surface area (Å²) in [5.41, 5.74) is 0.706. The first kappa shape index (κ1) is 17.8. The molecular formula is C14H20F3NO2S. The highest BCUT2D eigenvalue weighted by Crippen LogP contribution is 2.22. The molecule has 1 N–H and O–H groups in total. The Bertz CT molecular complexity index is 524. The van der Waals surface area contributed by atoms with Crippen LogP contribution in [0.1, 0.15) is 32.6 Å². The highest BCUT2D eigenvalue weighted by Gasteiger charge is 2.25. The number of anilines is 1. The lowest BCUT2D eigenvalue weighted by Gasteiger charge is -2.09. The second kappa shape index (κ2) is 7.68. The van der Waals surface area contributed by atoms with Crippen LogP contribution in [0.25, 0.3) is 0 Å². The van der Waals surface area contributed by atoms with Crippen molar-refractivity contribution >= 4 is 15.5 Å². The molecule has 1 rings (SSSR count). The summed E-state index contributed by atoms with van der Waals surface area (Å²) >= 11 is 0. The highest BCUT2D eigenvalue weighted by atomic mass is 32.2. The summed E-state index contributed by atoms with van der Waals surface area (Å²) in [5.74, 6) is 0.108. The Morgan fingerprint density at radius 2 is 1.71 bits per heavy atom. The van der Waals surface area contributed by atoms with E-state index in [1.54, 1.807) is 19.1 Å². The molecule has 0 atom stereocenters. The molecule has 7 heteroatoms. The molecule has 1 aromatic rings. The maximum atomic E-state index is 11.9. The third-order valence-corrected chi connectivity index (χ3v) is 4.84. The smallest absolute Gasteiger partial charge is 0.385 e. The fourth-order valence-corrected chi connectivity index (χ4v) is 3.17. The van der Waals surface area contributed by atoms with Crippen molar-refractivity contribution in [2.24, 2.45) is 0 Å². The van der Waals surface area contributed by atoms with E-state index < -0.39 is 22.4 Å². The first-order chi connectivity index (χ1) is 9.74. The number of halogens is 3. The zero-order chi connectivity index (χ0) is 15.9. The largest absolute Gasteiger partial charge is 0.389 e. The predicted molar refractivity (Wildman–Crippen MR) is 77.2 cm³/mol. The number of benzene rings is 1. The summed E-state index contributed by atoms with van der Waals surface area (Å²) in [4.78, 5) is 0.270. The maximum absolute atomic E-state index is 11.9. The molecule has 0 aliphatic heterocycles. The van der Waals surface area contributed by atoms with Gasteiger partial charge in [-0.3, -0.25) is 0 Å². The minimum absolute atomic E-state index is 0.0828. The molecule has 0 heterocycles. The van der Waals surface area contributed by atoms with Crippen LogP contribution < -0.4 is 5.32 Å². The van der Waals surface area contributed by atoms with Crippen LogP contribution in [-0.2, 0) is 9.84 Å². The lowest BCUT2D eigenvalue weighted by Crippen LogP contribution is -2.09. The zero-order valence-electron chi connectivity index (χ0n) is 11.9. The van der Waals surface area contributed by atoms with Gasteiger partial charge in [0.25, 0.3) is 0 Å². The molecule has 120 valence electrons. The molecule has 0 saturated carbocycles. The standard InChI is InChI=1S/C14H20F3NO2S/c1-2-11-21(19,20)13-7-5-12(6-8-13)18-10-4-3-9-14(15,16)17/h5-8,18H,2-4,9-11H2,1H3. The first-order valence-corrected chi connectivity index (χ1v) is 8.53. The van der Waals surface area contributed by atoms with Crippen molar-refractivity contribution in [1.29, 1.82) is 0 Å². The molecule has 0 unspecified atom stereocenters. The number of unbranched alkanes of at least 4 members (excludes halogenated alkanes) is 1. The van der Waals surface area contributed by atoms with Crippen molar-refractivity contribution in [3.05, 3.63) is 24.3 Å². The van der Waals surface area contributed by atoms with E-state index in [-0.39, 0.29) is 17.1 Å². The first-order valence-electron chi connectivity index (χ1n) is 6.88. The Morgan fingerprint density at radius 1 is 1.10 bits per heavy atom. The molecule has 0 fully saturated rings. The van der Waals surface area contributed by atoms with Crippen molar-refractivity contribution in [2.75, 3.05) is 17.6 Å². The lowest BCUT2D eigenvalue weighted by atomic mass is 10.2. The van der Waals surface area contributed by atoms with Crippen molar-refractivity contribution in [2.45, 2.75) is 43.7 Å². The Kier molecular flexibility index (Phi) is 6.51.